The summed E-state index contributed by atoms with van der Waals surface area (Å²) in [6, 6.07) is 11.1. The number of rotatable bonds is 2. The fourth-order valence-electron chi connectivity index (χ4n) is 2.88. The summed E-state index contributed by atoms with van der Waals surface area (Å²) in [5, 5.41) is 3.42. The van der Waals surface area contributed by atoms with Gasteiger partial charge in [0, 0.05) is 10.2 Å². The number of aryl methyl sites for hydroxylation is 2. The molecule has 1 aliphatic rings. The van der Waals surface area contributed by atoms with E-state index in [1.54, 1.807) is 12.1 Å². The van der Waals surface area contributed by atoms with Gasteiger partial charge in [0.2, 0.25) is 0 Å². The van der Waals surface area contributed by atoms with Gasteiger partial charge in [0.1, 0.15) is 0 Å². The molecule has 1 atom stereocenters. The highest BCUT2D eigenvalue weighted by atomic mass is 79.9. The van der Waals surface area contributed by atoms with E-state index >= 15 is 0 Å². The van der Waals surface area contributed by atoms with Crippen molar-refractivity contribution in [1.82, 2.24) is 0 Å². The lowest BCUT2D eigenvalue weighted by molar-refractivity contribution is 0.598. The minimum absolute atomic E-state index is 0.112. The van der Waals surface area contributed by atoms with Crippen molar-refractivity contribution in [2.24, 2.45) is 0 Å². The van der Waals surface area contributed by atoms with Gasteiger partial charge < -0.3 is 5.32 Å². The number of hydrogen-bond donors (Lipinski definition) is 1. The first-order valence-corrected chi connectivity index (χ1v) is 9.18. The summed E-state index contributed by atoms with van der Waals surface area (Å²) in [4.78, 5) is 0.454. The van der Waals surface area contributed by atoms with Crippen LogP contribution in [0.5, 0.6) is 0 Å². The Morgan fingerprint density at radius 3 is 2.43 bits per heavy atom. The monoisotopic (exact) mass is 365 g/mol. The van der Waals surface area contributed by atoms with Crippen LogP contribution in [-0.4, -0.2) is 14.2 Å². The highest BCUT2D eigenvalue weighted by Crippen LogP contribution is 2.37. The van der Waals surface area contributed by atoms with Crippen LogP contribution in [0.4, 0.5) is 5.69 Å². The molecule has 0 aromatic heterocycles. The summed E-state index contributed by atoms with van der Waals surface area (Å²) in [5.74, 6) is 0.112. The lowest BCUT2D eigenvalue weighted by atomic mass is 10.1. The van der Waals surface area contributed by atoms with Gasteiger partial charge in [-0.3, -0.25) is 0 Å². The fraction of sp³-hybridized carbons (Fsp3) is 0.250. The summed E-state index contributed by atoms with van der Waals surface area (Å²) >= 11 is 3.48. The number of nitrogens with one attached hydrogen (secondary N) is 1. The first-order valence-electron chi connectivity index (χ1n) is 6.73. The van der Waals surface area contributed by atoms with Crippen molar-refractivity contribution in [2.75, 3.05) is 11.1 Å². The second-order valence-corrected chi connectivity index (χ2v) is 8.35. The van der Waals surface area contributed by atoms with E-state index in [4.69, 9.17) is 0 Å². The first-order chi connectivity index (χ1) is 9.88. The number of halogens is 1. The summed E-state index contributed by atoms with van der Waals surface area (Å²) in [7, 11) is -3.18. The minimum atomic E-state index is -3.18. The molecule has 110 valence electrons. The number of fused-ring (bicyclic) bond motifs is 1. The highest BCUT2D eigenvalue weighted by Gasteiger charge is 2.34. The van der Waals surface area contributed by atoms with Gasteiger partial charge in [0.25, 0.3) is 0 Å². The van der Waals surface area contributed by atoms with Gasteiger partial charge in [-0.15, -0.1) is 0 Å². The van der Waals surface area contributed by atoms with Gasteiger partial charge in [-0.05, 0) is 48.7 Å². The largest absolute Gasteiger partial charge is 0.377 e. The van der Waals surface area contributed by atoms with Crippen molar-refractivity contribution in [3.8, 4) is 0 Å². The standard InChI is InChI=1S/C16H16BrNO2S/c1-10-7-12(17)8-11(2)16(10)18-14-9-21(19,20)15-6-4-3-5-13(14)15/h3-8,14,18H,9H2,1-2H3. The molecule has 1 unspecified atom stereocenters. The van der Waals surface area contributed by atoms with Crippen LogP contribution < -0.4 is 5.32 Å². The Kier molecular flexibility index (Phi) is 3.58. The number of anilines is 1. The van der Waals surface area contributed by atoms with Gasteiger partial charge in [-0.2, -0.15) is 0 Å². The smallest absolute Gasteiger partial charge is 0.181 e. The molecule has 1 aliphatic heterocycles. The van der Waals surface area contributed by atoms with Crippen LogP contribution in [0.25, 0.3) is 0 Å². The maximum Gasteiger partial charge on any atom is 0.181 e. The summed E-state index contributed by atoms with van der Waals surface area (Å²) in [6.07, 6.45) is 0. The van der Waals surface area contributed by atoms with Crippen molar-refractivity contribution in [3.63, 3.8) is 0 Å². The molecule has 0 aliphatic carbocycles. The zero-order chi connectivity index (χ0) is 15.2. The van der Waals surface area contributed by atoms with Gasteiger partial charge in [-0.25, -0.2) is 8.42 Å². The van der Waals surface area contributed by atoms with Crippen LogP contribution in [0.3, 0.4) is 0 Å². The molecule has 3 nitrogen and oxygen atoms in total. The minimum Gasteiger partial charge on any atom is -0.377 e. The Labute approximate surface area is 133 Å². The lowest BCUT2D eigenvalue weighted by Gasteiger charge is -2.19. The molecule has 0 radical (unpaired) electrons. The van der Waals surface area contributed by atoms with E-state index in [1.807, 2.05) is 38.1 Å². The zero-order valence-electron chi connectivity index (χ0n) is 11.9. The molecule has 0 fully saturated rings. The van der Waals surface area contributed by atoms with E-state index in [9.17, 15) is 8.42 Å². The number of benzene rings is 2. The fourth-order valence-corrected chi connectivity index (χ4v) is 5.31. The molecule has 2 aromatic rings. The molecule has 2 aromatic carbocycles. The van der Waals surface area contributed by atoms with Crippen LogP contribution in [0.15, 0.2) is 45.8 Å². The van der Waals surface area contributed by atoms with Crippen LogP contribution in [0.1, 0.15) is 22.7 Å². The molecule has 0 saturated carbocycles. The molecule has 1 heterocycles. The Hall–Kier alpha value is -1.33. The Morgan fingerprint density at radius 1 is 1.14 bits per heavy atom. The second kappa shape index (κ2) is 5.14. The molecule has 21 heavy (non-hydrogen) atoms. The molecule has 0 spiro atoms. The summed E-state index contributed by atoms with van der Waals surface area (Å²) in [6.45, 7) is 4.05. The Bertz CT molecular complexity index is 792. The maximum atomic E-state index is 12.2. The molecule has 0 saturated heterocycles. The van der Waals surface area contributed by atoms with Crippen LogP contribution in [0, 0.1) is 13.8 Å². The van der Waals surface area contributed by atoms with E-state index in [2.05, 4.69) is 21.2 Å². The van der Waals surface area contributed by atoms with Crippen molar-refractivity contribution in [3.05, 3.63) is 57.6 Å². The molecule has 1 N–H and O–H groups in total. The quantitative estimate of drug-likeness (QED) is 0.874. The summed E-state index contributed by atoms with van der Waals surface area (Å²) in [5.41, 5.74) is 4.07. The van der Waals surface area contributed by atoms with E-state index in [1.165, 1.54) is 0 Å². The van der Waals surface area contributed by atoms with Crippen LogP contribution >= 0.6 is 15.9 Å². The topological polar surface area (TPSA) is 46.2 Å². The van der Waals surface area contributed by atoms with Crippen molar-refractivity contribution < 1.29 is 8.42 Å². The zero-order valence-corrected chi connectivity index (χ0v) is 14.3. The number of hydrogen-bond acceptors (Lipinski definition) is 3. The third kappa shape index (κ3) is 2.60. The third-order valence-corrected chi connectivity index (χ3v) is 6.10. The normalized spacial score (nSPS) is 19.3. The predicted octanol–water partition coefficient (Wildman–Crippen LogP) is 4.01. The average molecular weight is 366 g/mol. The Morgan fingerprint density at radius 2 is 1.76 bits per heavy atom. The van der Waals surface area contributed by atoms with E-state index in [-0.39, 0.29) is 11.8 Å². The summed E-state index contributed by atoms with van der Waals surface area (Å²) < 4.78 is 25.5. The van der Waals surface area contributed by atoms with E-state index < -0.39 is 9.84 Å². The molecule has 3 rings (SSSR count). The van der Waals surface area contributed by atoms with Crippen LogP contribution in [-0.2, 0) is 9.84 Å². The first kappa shape index (κ1) is 14.6. The van der Waals surface area contributed by atoms with Gasteiger partial charge >= 0.3 is 0 Å². The average Bonchev–Trinajstić information content (AvgIpc) is 2.66. The van der Waals surface area contributed by atoms with Gasteiger partial charge in [0.15, 0.2) is 9.84 Å². The van der Waals surface area contributed by atoms with Crippen molar-refractivity contribution in [1.29, 1.82) is 0 Å². The van der Waals surface area contributed by atoms with E-state index in [0.29, 0.717) is 4.90 Å². The second-order valence-electron chi connectivity index (χ2n) is 5.43. The Balaban J connectivity index is 2.02. The highest BCUT2D eigenvalue weighted by molar-refractivity contribution is 9.10. The third-order valence-electron chi connectivity index (χ3n) is 3.83. The maximum absolute atomic E-state index is 12.2. The number of sulfone groups is 1. The predicted molar refractivity (Wildman–Crippen MR) is 88.5 cm³/mol. The molecular formula is C16H16BrNO2S. The molecule has 0 bridgehead atoms. The van der Waals surface area contributed by atoms with Gasteiger partial charge in [0.05, 0.1) is 16.7 Å². The lowest BCUT2D eigenvalue weighted by Crippen LogP contribution is -2.14. The SMILES string of the molecule is Cc1cc(Br)cc(C)c1NC1CS(=O)(=O)c2ccccc21. The van der Waals surface area contributed by atoms with Crippen molar-refractivity contribution >= 4 is 31.5 Å². The molecule has 5 heteroatoms. The van der Waals surface area contributed by atoms with E-state index in [0.717, 1.165) is 26.9 Å². The molecule has 0 amide bonds. The van der Waals surface area contributed by atoms with Gasteiger partial charge in [-0.1, -0.05) is 34.1 Å². The van der Waals surface area contributed by atoms with Crippen molar-refractivity contribution in [2.45, 2.75) is 24.8 Å². The van der Waals surface area contributed by atoms with Crippen LogP contribution in [0.2, 0.25) is 0 Å². The molecular weight excluding hydrogens is 350 g/mol.